The number of benzene rings is 1. The van der Waals surface area contributed by atoms with Crippen LogP contribution in [0.4, 0.5) is 0 Å². The molecule has 0 bridgehead atoms. The summed E-state index contributed by atoms with van der Waals surface area (Å²) >= 11 is 3.49. The van der Waals surface area contributed by atoms with Crippen LogP contribution in [0.25, 0.3) is 5.00 Å². The number of nitrogens with zero attached hydrogens (tertiary/aromatic N) is 2. The summed E-state index contributed by atoms with van der Waals surface area (Å²) in [5.41, 5.74) is 9.86. The van der Waals surface area contributed by atoms with Crippen LogP contribution < -0.4 is 5.43 Å². The maximum absolute atomic E-state index is 13.0. The van der Waals surface area contributed by atoms with E-state index in [1.54, 1.807) is 23.1 Å². The number of nitrogens with one attached hydrogen (secondary N) is 1. The number of thioether (sulfide) groups is 1. The van der Waals surface area contributed by atoms with E-state index in [0.29, 0.717) is 6.61 Å². The molecule has 2 aliphatic rings. The fourth-order valence-electron chi connectivity index (χ4n) is 4.62. The molecule has 7 heteroatoms. The maximum atomic E-state index is 13.0. The van der Waals surface area contributed by atoms with Crippen LogP contribution in [0, 0.1) is 13.8 Å². The highest BCUT2D eigenvalue weighted by atomic mass is 32.2. The molecule has 0 radical (unpaired) electrons. The Kier molecular flexibility index (Phi) is 5.86. The summed E-state index contributed by atoms with van der Waals surface area (Å²) in [6.07, 6.45) is 4.33. The molecule has 1 aliphatic carbocycles. The van der Waals surface area contributed by atoms with Gasteiger partial charge in [0.1, 0.15) is 15.4 Å². The molecule has 32 heavy (non-hydrogen) atoms. The zero-order chi connectivity index (χ0) is 22.2. The Morgan fingerprint density at radius 3 is 2.78 bits per heavy atom. The highest BCUT2D eigenvalue weighted by molar-refractivity contribution is 8.14. The van der Waals surface area contributed by atoms with Crippen molar-refractivity contribution in [3.8, 4) is 5.00 Å². The van der Waals surface area contributed by atoms with Crippen LogP contribution in [0.1, 0.15) is 68.5 Å². The molecular formula is C25H27N3O2S2. The van der Waals surface area contributed by atoms with Crippen LogP contribution in [0.2, 0.25) is 0 Å². The summed E-state index contributed by atoms with van der Waals surface area (Å²) in [6, 6.07) is 12.5. The van der Waals surface area contributed by atoms with E-state index in [1.165, 1.54) is 22.4 Å². The minimum absolute atomic E-state index is 0.0470. The van der Waals surface area contributed by atoms with E-state index in [2.05, 4.69) is 47.1 Å². The minimum Gasteiger partial charge on any atom is -0.462 e. The van der Waals surface area contributed by atoms with Crippen molar-refractivity contribution in [1.29, 1.82) is 0 Å². The molecule has 0 saturated carbocycles. The molecule has 1 N–H and O–H groups in total. The molecule has 1 atom stereocenters. The average Bonchev–Trinajstić information content (AvgIpc) is 3.50. The third kappa shape index (κ3) is 3.67. The molecule has 1 aliphatic heterocycles. The van der Waals surface area contributed by atoms with E-state index >= 15 is 0 Å². The van der Waals surface area contributed by atoms with Crippen molar-refractivity contribution in [2.24, 2.45) is 5.10 Å². The van der Waals surface area contributed by atoms with Gasteiger partial charge in [0.2, 0.25) is 0 Å². The first-order valence-electron chi connectivity index (χ1n) is 11.1. The Labute approximate surface area is 196 Å². The first-order chi connectivity index (χ1) is 15.6. The number of carbonyl (C=O) groups is 1. The third-order valence-electron chi connectivity index (χ3n) is 6.12. The van der Waals surface area contributed by atoms with Gasteiger partial charge in [0.25, 0.3) is 0 Å². The second kappa shape index (κ2) is 8.79. The Bertz CT molecular complexity index is 1190. The van der Waals surface area contributed by atoms with Gasteiger partial charge in [-0.2, -0.15) is 5.10 Å². The summed E-state index contributed by atoms with van der Waals surface area (Å²) in [5.74, 6) is -0.195. The first kappa shape index (κ1) is 21.3. The quantitative estimate of drug-likeness (QED) is 0.476. The molecular weight excluding hydrogens is 438 g/mol. The summed E-state index contributed by atoms with van der Waals surface area (Å²) in [6.45, 7) is 6.51. The number of fused-ring (bicyclic) bond motifs is 1. The number of esters is 1. The molecule has 5 nitrogen and oxygen atoms in total. The highest BCUT2D eigenvalue weighted by Crippen LogP contribution is 2.42. The number of hydrogen-bond donors (Lipinski definition) is 1. The average molecular weight is 466 g/mol. The van der Waals surface area contributed by atoms with Crippen LogP contribution in [0.15, 0.2) is 41.5 Å². The molecule has 1 aromatic carbocycles. The zero-order valence-corrected chi connectivity index (χ0v) is 20.2. The lowest BCUT2D eigenvalue weighted by Crippen LogP contribution is -2.13. The molecule has 3 heterocycles. The molecule has 0 saturated heterocycles. The maximum Gasteiger partial charge on any atom is 0.341 e. The number of thiophene rings is 1. The number of aromatic nitrogens is 1. The number of ether oxygens (including phenoxy) is 1. The molecule has 0 fully saturated rings. The van der Waals surface area contributed by atoms with Crippen molar-refractivity contribution in [2.45, 2.75) is 51.8 Å². The number of hydrogen-bond acceptors (Lipinski definition) is 6. The van der Waals surface area contributed by atoms with Crippen molar-refractivity contribution in [3.05, 3.63) is 74.9 Å². The molecule has 166 valence electrons. The van der Waals surface area contributed by atoms with E-state index in [4.69, 9.17) is 4.74 Å². The Balaban J connectivity index is 1.52. The van der Waals surface area contributed by atoms with Gasteiger partial charge in [-0.15, -0.1) is 11.3 Å². The van der Waals surface area contributed by atoms with Crippen molar-refractivity contribution in [3.63, 3.8) is 0 Å². The van der Waals surface area contributed by atoms with Crippen LogP contribution in [0.5, 0.6) is 0 Å². The minimum atomic E-state index is -0.195. The fraction of sp³-hybridized carbons (Fsp3) is 0.360. The van der Waals surface area contributed by atoms with E-state index in [0.717, 1.165) is 51.8 Å². The van der Waals surface area contributed by atoms with Gasteiger partial charge in [-0.25, -0.2) is 4.79 Å². The van der Waals surface area contributed by atoms with Crippen molar-refractivity contribution in [1.82, 2.24) is 9.99 Å². The van der Waals surface area contributed by atoms with E-state index in [-0.39, 0.29) is 11.3 Å². The first-order valence-corrected chi connectivity index (χ1v) is 12.8. The lowest BCUT2D eigenvalue weighted by atomic mass is 9.95. The highest BCUT2D eigenvalue weighted by Gasteiger charge is 2.31. The van der Waals surface area contributed by atoms with Gasteiger partial charge in [0.15, 0.2) is 0 Å². The van der Waals surface area contributed by atoms with Crippen molar-refractivity contribution >= 4 is 34.1 Å². The summed E-state index contributed by atoms with van der Waals surface area (Å²) in [7, 11) is 0. The summed E-state index contributed by atoms with van der Waals surface area (Å²) < 4.78 is 7.73. The predicted octanol–water partition coefficient (Wildman–Crippen LogP) is 5.91. The monoisotopic (exact) mass is 465 g/mol. The lowest BCUT2D eigenvalue weighted by Gasteiger charge is -2.14. The topological polar surface area (TPSA) is 55.6 Å². The smallest absolute Gasteiger partial charge is 0.341 e. The second-order valence-electron chi connectivity index (χ2n) is 8.18. The van der Waals surface area contributed by atoms with Crippen LogP contribution >= 0.6 is 23.1 Å². The molecule has 0 unspecified atom stereocenters. The van der Waals surface area contributed by atoms with Crippen molar-refractivity contribution < 1.29 is 9.53 Å². The van der Waals surface area contributed by atoms with Gasteiger partial charge >= 0.3 is 5.97 Å². The van der Waals surface area contributed by atoms with E-state index < -0.39 is 0 Å². The Hall–Kier alpha value is -2.51. The predicted molar refractivity (Wildman–Crippen MR) is 132 cm³/mol. The van der Waals surface area contributed by atoms with Crippen LogP contribution in [-0.4, -0.2) is 22.2 Å². The largest absolute Gasteiger partial charge is 0.462 e. The van der Waals surface area contributed by atoms with Gasteiger partial charge in [-0.1, -0.05) is 42.1 Å². The van der Waals surface area contributed by atoms with Gasteiger partial charge in [-0.05, 0) is 58.1 Å². The fourth-order valence-corrected chi connectivity index (χ4v) is 7.18. The Morgan fingerprint density at radius 2 is 2.00 bits per heavy atom. The molecule has 5 rings (SSSR count). The second-order valence-corrected chi connectivity index (χ2v) is 10.4. The number of aryl methyl sites for hydroxylation is 2. The number of hydrazone groups is 1. The normalized spacial score (nSPS) is 17.6. The Morgan fingerprint density at radius 1 is 1.22 bits per heavy atom. The van der Waals surface area contributed by atoms with Gasteiger partial charge in [0, 0.05) is 27.4 Å². The molecule has 0 amide bonds. The van der Waals surface area contributed by atoms with E-state index in [9.17, 15) is 4.79 Å². The number of rotatable bonds is 5. The van der Waals surface area contributed by atoms with E-state index in [1.807, 2.05) is 25.1 Å². The third-order valence-corrected chi connectivity index (χ3v) is 8.54. The molecule has 3 aromatic rings. The molecule has 2 aromatic heterocycles. The SMILES string of the molecule is CCOC(=O)c1c(-n2c(C)cc([C@@H]3NN=C(c4ccccc4)S3)c2C)sc2c1CCCC2. The van der Waals surface area contributed by atoms with Crippen molar-refractivity contribution in [2.75, 3.05) is 6.61 Å². The zero-order valence-electron chi connectivity index (χ0n) is 18.6. The van der Waals surface area contributed by atoms with Crippen LogP contribution in [-0.2, 0) is 17.6 Å². The van der Waals surface area contributed by atoms with Gasteiger partial charge in [0.05, 0.1) is 12.2 Å². The summed E-state index contributed by atoms with van der Waals surface area (Å²) in [4.78, 5) is 14.3. The van der Waals surface area contributed by atoms with Gasteiger partial charge in [-0.3, -0.25) is 5.43 Å². The molecule has 0 spiro atoms. The standard InChI is InChI=1S/C25H27N3O2S2/c1-4-30-25(29)21-18-12-8-9-13-20(18)31-24(21)28-15(2)14-19(16(28)3)23-27-26-22(32-23)17-10-6-5-7-11-17/h5-7,10-11,14,23,27H,4,8-9,12-13H2,1-3H3/t23-/m1/s1. The lowest BCUT2D eigenvalue weighted by molar-refractivity contribution is 0.0525. The van der Waals surface area contributed by atoms with Crippen LogP contribution in [0.3, 0.4) is 0 Å². The number of carbonyl (C=O) groups excluding carboxylic acids is 1. The summed E-state index contributed by atoms with van der Waals surface area (Å²) in [5, 5.41) is 6.64. The van der Waals surface area contributed by atoms with Gasteiger partial charge < -0.3 is 9.30 Å².